The number of carbonyl (C=O) groups excluding carboxylic acids is 2. The van der Waals surface area contributed by atoms with Gasteiger partial charge in [0.15, 0.2) is 0 Å². The molecule has 3 unspecified atom stereocenters. The first-order chi connectivity index (χ1) is 29.1. The number of nitrogens with one attached hydrogen (secondary N) is 1. The van der Waals surface area contributed by atoms with Crippen LogP contribution in [0.1, 0.15) is 84.5 Å². The molecule has 0 saturated carbocycles. The van der Waals surface area contributed by atoms with Gasteiger partial charge in [0.25, 0.3) is 0 Å². The summed E-state index contributed by atoms with van der Waals surface area (Å²) in [7, 11) is -0.140. The van der Waals surface area contributed by atoms with E-state index in [1.807, 2.05) is 51.1 Å². The second-order valence-electron chi connectivity index (χ2n) is 16.5. The van der Waals surface area contributed by atoms with Crippen molar-refractivity contribution in [3.63, 3.8) is 0 Å². The molecule has 60 heavy (non-hydrogen) atoms. The molecular weight excluding hydrogens is 887 g/mol. The van der Waals surface area contributed by atoms with Gasteiger partial charge in [0.1, 0.15) is 0 Å². The van der Waals surface area contributed by atoms with E-state index in [1.165, 1.54) is 7.11 Å². The van der Waals surface area contributed by atoms with Crippen molar-refractivity contribution in [1.29, 1.82) is 1.28 Å². The fourth-order valence-electron chi connectivity index (χ4n) is 6.70. The molecule has 0 aliphatic carbocycles. The fourth-order valence-corrected chi connectivity index (χ4v) is 10.7. The molecule has 16 heteroatoms. The van der Waals surface area contributed by atoms with Gasteiger partial charge in [-0.1, -0.05) is 0 Å². The predicted molar refractivity (Wildman–Crippen MR) is 242 cm³/mol. The Morgan fingerprint density at radius 1 is 0.983 bits per heavy atom. The van der Waals surface area contributed by atoms with Crippen LogP contribution in [0.15, 0.2) is 72.8 Å². The van der Waals surface area contributed by atoms with Gasteiger partial charge < -0.3 is 0 Å². The van der Waals surface area contributed by atoms with Crippen molar-refractivity contribution in [2.24, 2.45) is 5.92 Å². The van der Waals surface area contributed by atoms with Gasteiger partial charge in [0, 0.05) is 0 Å². The number of methoxy groups -OCH3 is 1. The zero-order chi connectivity index (χ0) is 44.4. The first-order valence-corrected chi connectivity index (χ1v) is 28.0. The standard InChI is InChI=1S/C44H63N2O10PSSeSi/c1-30(31(2)56-58-57)19-20-36(53-42(47)32-15-11-9-12-16-32)41-37(54-44(3,4)55-41)21-22-39(59-34-17-13-10-14-18-34)35-27-33(50-24-23-46-45)28-38(52-29-49-5)40(35)43(48)51-25-26-60(6,7)8/h9-18,27-28,30-31,36-37,39,41,46H,19-26,29,57H2,1-8H3/t30-,31-,36?,37-,39?,41-/m1/s1/i57T/t30-,31-,36?,37-,39?,41-,57?. The van der Waals surface area contributed by atoms with Crippen molar-refractivity contribution in [3.8, 4) is 11.5 Å². The predicted octanol–water partition coefficient (Wildman–Crippen LogP) is 7.50. The van der Waals surface area contributed by atoms with Gasteiger partial charge >= 0.3 is 363 Å². The average molecular weight is 952 g/mol. The molecule has 1 aliphatic heterocycles. The van der Waals surface area contributed by atoms with E-state index in [0.29, 0.717) is 48.1 Å². The van der Waals surface area contributed by atoms with Crippen LogP contribution in [-0.2, 0) is 27.9 Å². The molecule has 1 saturated heterocycles. The number of hydrogen-bond acceptors (Lipinski definition) is 11. The van der Waals surface area contributed by atoms with E-state index in [-0.39, 0.29) is 72.5 Å². The van der Waals surface area contributed by atoms with Crippen molar-refractivity contribution in [3.05, 3.63) is 95.0 Å². The molecule has 0 radical (unpaired) electrons. The summed E-state index contributed by atoms with van der Waals surface area (Å²) in [6.45, 7) is 15.0. The summed E-state index contributed by atoms with van der Waals surface area (Å²) in [6, 6.07) is 23.4. The van der Waals surface area contributed by atoms with Crippen molar-refractivity contribution in [2.45, 2.75) is 114 Å². The van der Waals surface area contributed by atoms with E-state index < -0.39 is 44.1 Å². The molecule has 3 aromatic carbocycles. The zero-order valence-electron chi connectivity index (χ0n) is 37.1. The van der Waals surface area contributed by atoms with Gasteiger partial charge in [-0.25, -0.2) is 0 Å². The first kappa shape index (κ1) is 48.2. The van der Waals surface area contributed by atoms with Gasteiger partial charge in [0.05, 0.1) is 1.28 Å². The van der Waals surface area contributed by atoms with Gasteiger partial charge in [-0.15, -0.1) is 0 Å². The number of benzene rings is 3. The Hall–Kier alpha value is -2.84. The van der Waals surface area contributed by atoms with E-state index in [1.54, 1.807) is 30.3 Å². The Bertz CT molecular complexity index is 1820. The summed E-state index contributed by atoms with van der Waals surface area (Å²) < 4.78 is 57.6. The third-order valence-corrected chi connectivity index (χ3v) is 15.2. The maximum absolute atomic E-state index is 14.3. The summed E-state index contributed by atoms with van der Waals surface area (Å²) >= 11 is 0.924. The third kappa shape index (κ3) is 16.1. The Kier molecular flexibility index (Phi) is 19.8. The van der Waals surface area contributed by atoms with Gasteiger partial charge in [-0.3, -0.25) is 0 Å². The second-order valence-corrected chi connectivity index (χ2v) is 25.7. The molecule has 1 N–H and O–H groups in total. The number of rotatable bonds is 27. The van der Waals surface area contributed by atoms with Crippen LogP contribution in [0.25, 0.3) is 5.53 Å². The molecule has 330 valence electrons. The number of nitrogens with zero attached hydrogens (tertiary/aromatic N) is 1. The normalized spacial score (nSPS) is 18.6. The number of hydrogen-bond donors (Lipinski definition) is 1. The number of esters is 2. The Labute approximate surface area is 371 Å². The third-order valence-electron chi connectivity index (χ3n) is 10.1. The molecule has 0 bridgehead atoms. The van der Waals surface area contributed by atoms with Crippen LogP contribution in [0.2, 0.25) is 25.7 Å². The topological polar surface area (TPSA) is 144 Å². The quantitative estimate of drug-likeness (QED) is 0.0154. The molecule has 3 aromatic rings. The molecule has 4 rings (SSSR count). The zero-order valence-corrected chi connectivity index (χ0v) is 40.6. The van der Waals surface area contributed by atoms with E-state index in [9.17, 15) is 15.1 Å². The average Bonchev–Trinajstić information content (AvgIpc) is 3.55. The molecule has 1 heterocycles. The summed E-state index contributed by atoms with van der Waals surface area (Å²) in [4.78, 5) is 27.7. The molecule has 12 nitrogen and oxygen atoms in total. The van der Waals surface area contributed by atoms with Gasteiger partial charge in [-0.05, 0) is 8.39 Å². The molecule has 1 fully saturated rings. The molecule has 0 amide bonds. The maximum atomic E-state index is 14.3. The number of ether oxygens (including phenoxy) is 7. The molecule has 7 atom stereocenters. The van der Waals surface area contributed by atoms with E-state index in [2.05, 4.69) is 43.8 Å². The van der Waals surface area contributed by atoms with Crippen LogP contribution in [0, 0.1) is 5.92 Å². The first-order valence-electron chi connectivity index (χ1n) is 20.9. The van der Waals surface area contributed by atoms with Gasteiger partial charge in [-0.2, -0.15) is 0 Å². The van der Waals surface area contributed by atoms with E-state index in [0.717, 1.165) is 22.2 Å². The van der Waals surface area contributed by atoms with Crippen molar-refractivity contribution in [2.75, 3.05) is 33.7 Å². The van der Waals surface area contributed by atoms with Crippen LogP contribution < -0.4 is 19.0 Å². The van der Waals surface area contributed by atoms with Crippen LogP contribution in [0.3, 0.4) is 0 Å². The Morgan fingerprint density at radius 2 is 1.70 bits per heavy atom. The SMILES string of the molecule is [3H]PSO[C@H](C)[C@H](C)CCC(OC(=O)c1ccccc1)[C@H]1OC(C)(C)O[C@@H]1CCC([Se]c1ccccc1)c1cc(OCC[NH+]=[N-])cc(OCOC)c1C(=O)OCC[Si](C)(C)C. The van der Waals surface area contributed by atoms with Crippen molar-refractivity contribution >= 4 is 59.5 Å². The van der Waals surface area contributed by atoms with Crippen LogP contribution >= 0.6 is 20.0 Å². The molecular formula is C44H63N2O10PSSeSi. The second kappa shape index (κ2) is 24.7. The van der Waals surface area contributed by atoms with Gasteiger partial charge in [0.2, 0.25) is 0 Å². The molecule has 1 aliphatic rings. The van der Waals surface area contributed by atoms with Crippen LogP contribution in [0.4, 0.5) is 0 Å². The fraction of sp³-hybridized carbons (Fsp3) is 0.545. The molecule has 0 spiro atoms. The molecule has 0 aromatic heterocycles. The summed E-state index contributed by atoms with van der Waals surface area (Å²) in [6.07, 6.45) is 0.378. The summed E-state index contributed by atoms with van der Waals surface area (Å²) in [5.41, 5.74) is 10.7. The van der Waals surface area contributed by atoms with Crippen LogP contribution in [0.5, 0.6) is 11.5 Å². The summed E-state index contributed by atoms with van der Waals surface area (Å²) in [5.74, 6) is -1.06. The minimum atomic E-state index is -1.53. The van der Waals surface area contributed by atoms with E-state index >= 15 is 0 Å². The monoisotopic (exact) mass is 952 g/mol. The summed E-state index contributed by atoms with van der Waals surface area (Å²) in [5, 5.41) is 2.13. The Balaban J connectivity index is 1.75. The van der Waals surface area contributed by atoms with Crippen molar-refractivity contribution < 1.29 is 52.0 Å². The number of carbonyl (C=O) groups is 2. The van der Waals surface area contributed by atoms with Crippen molar-refractivity contribution in [1.82, 2.24) is 0 Å². The van der Waals surface area contributed by atoms with E-state index in [4.69, 9.17) is 38.6 Å². The minimum absolute atomic E-state index is 0.106. The Morgan fingerprint density at radius 3 is 2.37 bits per heavy atom. The van der Waals surface area contributed by atoms with Crippen LogP contribution in [-0.4, -0.2) is 100 Å².